The molecule has 0 radical (unpaired) electrons. The van der Waals surface area contributed by atoms with E-state index in [1.165, 1.54) is 16.7 Å². The average Bonchev–Trinajstić information content (AvgIpc) is 2.56. The number of hydrogen-bond donors (Lipinski definition) is 4. The normalized spacial score (nSPS) is 10.6. The zero-order chi connectivity index (χ0) is 23.0. The SMILES string of the molecule is CC.CC(=O)CN(CCN(CCN(CC(=O)O)CC(=O)O)CC(=O)O)CC(=O)O. The monoisotopic (exact) mass is 421 g/mol. The van der Waals surface area contributed by atoms with E-state index in [-0.39, 0.29) is 45.1 Å². The van der Waals surface area contributed by atoms with Gasteiger partial charge >= 0.3 is 23.9 Å². The first-order valence-corrected chi connectivity index (χ1v) is 9.03. The van der Waals surface area contributed by atoms with Crippen molar-refractivity contribution in [1.29, 1.82) is 0 Å². The fourth-order valence-corrected chi connectivity index (χ4v) is 2.34. The van der Waals surface area contributed by atoms with E-state index < -0.39 is 43.5 Å². The highest BCUT2D eigenvalue weighted by molar-refractivity contribution is 5.78. The van der Waals surface area contributed by atoms with Gasteiger partial charge in [0.15, 0.2) is 0 Å². The van der Waals surface area contributed by atoms with E-state index in [1.54, 1.807) is 0 Å². The summed E-state index contributed by atoms with van der Waals surface area (Å²) in [7, 11) is 0. The standard InChI is InChI=1S/C15H25N3O9.C2H6/c1-11(19)6-17(8-13(22)23)4-2-16(7-12(20)21)3-5-18(9-14(24)25)10-15(26)27;1-2/h2-10H2,1H3,(H,20,21)(H,22,23)(H,24,25)(H,26,27);1-2H3. The first-order chi connectivity index (χ1) is 13.5. The van der Waals surface area contributed by atoms with E-state index in [0.29, 0.717) is 0 Å². The predicted molar refractivity (Wildman–Crippen MR) is 102 cm³/mol. The van der Waals surface area contributed by atoms with E-state index in [0.717, 1.165) is 4.90 Å². The molecule has 0 spiro atoms. The highest BCUT2D eigenvalue weighted by Gasteiger charge is 2.18. The van der Waals surface area contributed by atoms with Crippen LogP contribution >= 0.6 is 0 Å². The smallest absolute Gasteiger partial charge is 0.317 e. The van der Waals surface area contributed by atoms with Crippen LogP contribution in [0.1, 0.15) is 20.8 Å². The molecule has 0 amide bonds. The molecule has 0 saturated heterocycles. The molecule has 4 N–H and O–H groups in total. The van der Waals surface area contributed by atoms with Gasteiger partial charge in [-0.25, -0.2) is 0 Å². The molecule has 0 atom stereocenters. The summed E-state index contributed by atoms with van der Waals surface area (Å²) in [4.78, 5) is 58.6. The molecule has 0 aromatic heterocycles. The van der Waals surface area contributed by atoms with E-state index in [4.69, 9.17) is 20.4 Å². The van der Waals surface area contributed by atoms with E-state index in [1.807, 2.05) is 13.8 Å². The van der Waals surface area contributed by atoms with Gasteiger partial charge in [-0.05, 0) is 6.92 Å². The number of rotatable bonds is 16. The number of Topliss-reactive ketones (excluding diaryl/α,β-unsaturated/α-hetero) is 1. The van der Waals surface area contributed by atoms with Crippen molar-refractivity contribution in [3.05, 3.63) is 0 Å². The molecule has 0 heterocycles. The Labute approximate surface area is 169 Å². The van der Waals surface area contributed by atoms with Gasteiger partial charge in [-0.2, -0.15) is 0 Å². The van der Waals surface area contributed by atoms with Crippen LogP contribution in [0.25, 0.3) is 0 Å². The van der Waals surface area contributed by atoms with Gasteiger partial charge in [-0.3, -0.25) is 38.7 Å². The van der Waals surface area contributed by atoms with Crippen LogP contribution in [0.3, 0.4) is 0 Å². The Bertz CT molecular complexity index is 482. The summed E-state index contributed by atoms with van der Waals surface area (Å²) in [5.41, 5.74) is 0. The minimum atomic E-state index is -1.21. The summed E-state index contributed by atoms with van der Waals surface area (Å²) in [6, 6.07) is 0. The summed E-state index contributed by atoms with van der Waals surface area (Å²) in [6.45, 7) is 3.69. The molecule has 0 saturated carbocycles. The molecule has 12 heteroatoms. The minimum absolute atomic E-state index is 0.00246. The molecule has 0 aliphatic carbocycles. The maximum Gasteiger partial charge on any atom is 0.317 e. The van der Waals surface area contributed by atoms with Crippen molar-refractivity contribution in [3.8, 4) is 0 Å². The van der Waals surface area contributed by atoms with Gasteiger partial charge in [0, 0.05) is 26.2 Å². The number of nitrogens with zero attached hydrogens (tertiary/aromatic N) is 3. The van der Waals surface area contributed by atoms with Crippen LogP contribution in [-0.2, 0) is 24.0 Å². The quantitative estimate of drug-likeness (QED) is 0.236. The molecule has 0 aromatic carbocycles. The van der Waals surface area contributed by atoms with Crippen molar-refractivity contribution < 1.29 is 44.4 Å². The number of hydrogen-bond acceptors (Lipinski definition) is 8. The largest absolute Gasteiger partial charge is 0.480 e. The number of ketones is 1. The van der Waals surface area contributed by atoms with Gasteiger partial charge < -0.3 is 20.4 Å². The topological polar surface area (TPSA) is 176 Å². The molecule has 0 bridgehead atoms. The molecular weight excluding hydrogens is 390 g/mol. The van der Waals surface area contributed by atoms with Gasteiger partial charge in [0.1, 0.15) is 5.78 Å². The summed E-state index contributed by atoms with van der Waals surface area (Å²) >= 11 is 0. The molecule has 29 heavy (non-hydrogen) atoms. The zero-order valence-electron chi connectivity index (χ0n) is 17.0. The molecule has 12 nitrogen and oxygen atoms in total. The lowest BCUT2D eigenvalue weighted by molar-refractivity contribution is -0.143. The van der Waals surface area contributed by atoms with Crippen LogP contribution < -0.4 is 0 Å². The lowest BCUT2D eigenvalue weighted by Crippen LogP contribution is -2.45. The van der Waals surface area contributed by atoms with Crippen molar-refractivity contribution in [3.63, 3.8) is 0 Å². The van der Waals surface area contributed by atoms with Crippen LogP contribution in [0.5, 0.6) is 0 Å². The fraction of sp³-hybridized carbons (Fsp3) is 0.706. The maximum absolute atomic E-state index is 11.2. The van der Waals surface area contributed by atoms with Crippen molar-refractivity contribution in [2.24, 2.45) is 0 Å². The van der Waals surface area contributed by atoms with Crippen LogP contribution in [0.2, 0.25) is 0 Å². The van der Waals surface area contributed by atoms with E-state index >= 15 is 0 Å². The summed E-state index contributed by atoms with van der Waals surface area (Å²) < 4.78 is 0. The van der Waals surface area contributed by atoms with E-state index in [9.17, 15) is 24.0 Å². The molecule has 0 aliphatic rings. The second-order valence-electron chi connectivity index (χ2n) is 5.97. The summed E-state index contributed by atoms with van der Waals surface area (Å²) in [6.07, 6.45) is 0. The zero-order valence-corrected chi connectivity index (χ0v) is 17.0. The third-order valence-electron chi connectivity index (χ3n) is 3.35. The number of aliphatic carboxylic acids is 4. The van der Waals surface area contributed by atoms with Crippen LogP contribution in [0.15, 0.2) is 0 Å². The van der Waals surface area contributed by atoms with Gasteiger partial charge in [-0.15, -0.1) is 0 Å². The Hall–Kier alpha value is -2.57. The number of carboxylic acids is 4. The first-order valence-electron chi connectivity index (χ1n) is 9.03. The van der Waals surface area contributed by atoms with Crippen molar-refractivity contribution >= 4 is 29.7 Å². The third kappa shape index (κ3) is 18.6. The molecule has 0 rings (SSSR count). The Balaban J connectivity index is 0. The van der Waals surface area contributed by atoms with Crippen LogP contribution in [0.4, 0.5) is 0 Å². The lowest BCUT2D eigenvalue weighted by atomic mass is 10.3. The van der Waals surface area contributed by atoms with Gasteiger partial charge in [-0.1, -0.05) is 13.8 Å². The van der Waals surface area contributed by atoms with Gasteiger partial charge in [0.25, 0.3) is 0 Å². The first kappa shape index (κ1) is 28.6. The predicted octanol–water partition coefficient (Wildman–Crippen LogP) is -1.15. The number of carbonyl (C=O) groups is 5. The summed E-state index contributed by atoms with van der Waals surface area (Å²) in [5, 5.41) is 35.5. The van der Waals surface area contributed by atoms with E-state index in [2.05, 4.69) is 0 Å². The molecule has 0 unspecified atom stereocenters. The highest BCUT2D eigenvalue weighted by atomic mass is 16.4. The second kappa shape index (κ2) is 16.4. The Morgan fingerprint density at radius 1 is 0.517 bits per heavy atom. The van der Waals surface area contributed by atoms with Crippen LogP contribution in [-0.4, -0.2) is 124 Å². The van der Waals surface area contributed by atoms with Crippen molar-refractivity contribution in [2.45, 2.75) is 20.8 Å². The molecule has 0 aromatic rings. The van der Waals surface area contributed by atoms with Gasteiger partial charge in [0.2, 0.25) is 0 Å². The Kier molecular flexibility index (Phi) is 16.2. The Morgan fingerprint density at radius 3 is 1.03 bits per heavy atom. The lowest BCUT2D eigenvalue weighted by Gasteiger charge is -2.27. The van der Waals surface area contributed by atoms with Gasteiger partial charge in [0.05, 0.1) is 32.7 Å². The second-order valence-corrected chi connectivity index (χ2v) is 5.97. The maximum atomic E-state index is 11.2. The average molecular weight is 421 g/mol. The minimum Gasteiger partial charge on any atom is -0.480 e. The third-order valence-corrected chi connectivity index (χ3v) is 3.35. The summed E-state index contributed by atoms with van der Waals surface area (Å²) in [5.74, 6) is -4.94. The molecule has 0 aliphatic heterocycles. The molecule has 168 valence electrons. The number of carbonyl (C=O) groups excluding carboxylic acids is 1. The fourth-order valence-electron chi connectivity index (χ4n) is 2.34. The molecule has 0 fully saturated rings. The van der Waals surface area contributed by atoms with Crippen molar-refractivity contribution in [2.75, 3.05) is 58.9 Å². The Morgan fingerprint density at radius 2 is 0.759 bits per heavy atom. The highest BCUT2D eigenvalue weighted by Crippen LogP contribution is 1.97. The van der Waals surface area contributed by atoms with Crippen molar-refractivity contribution in [1.82, 2.24) is 14.7 Å². The van der Waals surface area contributed by atoms with Crippen LogP contribution in [0, 0.1) is 0 Å². The molecular formula is C17H31N3O9. The number of carboxylic acid groups (broad SMARTS) is 4.